The molecule has 0 saturated heterocycles. The van der Waals surface area contributed by atoms with Crippen molar-refractivity contribution in [2.45, 2.75) is 37.1 Å². The Morgan fingerprint density at radius 1 is 1.47 bits per heavy atom. The Morgan fingerprint density at radius 3 is 2.89 bits per heavy atom. The number of nitrogens with zero attached hydrogens (tertiary/aromatic N) is 2. The van der Waals surface area contributed by atoms with Crippen LogP contribution in [-0.2, 0) is 0 Å². The summed E-state index contributed by atoms with van der Waals surface area (Å²) in [5.41, 5.74) is 0.537. The van der Waals surface area contributed by atoms with E-state index in [1.807, 2.05) is 7.05 Å². The van der Waals surface area contributed by atoms with Gasteiger partial charge in [-0.15, -0.1) is 11.6 Å². The standard InChI is InChI=1S/C14H19ClN2O2/c1-17(12-6-4-3-5-11(12)15)14(18)10-7-8-16-9-13(10)19-2/h7-9,11-12H,3-6H2,1-2H3. The summed E-state index contributed by atoms with van der Waals surface area (Å²) in [5.74, 6) is 0.443. The third-order valence-electron chi connectivity index (χ3n) is 3.70. The van der Waals surface area contributed by atoms with E-state index in [2.05, 4.69) is 4.98 Å². The van der Waals surface area contributed by atoms with Crippen LogP contribution in [0, 0.1) is 0 Å². The summed E-state index contributed by atoms with van der Waals surface area (Å²) in [6, 6.07) is 1.78. The molecule has 2 rings (SSSR count). The molecule has 0 N–H and O–H groups in total. The van der Waals surface area contributed by atoms with Crippen LogP contribution in [0.2, 0.25) is 0 Å². The van der Waals surface area contributed by atoms with Crippen LogP contribution in [0.4, 0.5) is 0 Å². The van der Waals surface area contributed by atoms with Crippen molar-refractivity contribution in [1.82, 2.24) is 9.88 Å². The number of alkyl halides is 1. The van der Waals surface area contributed by atoms with Gasteiger partial charge in [0.15, 0.2) is 0 Å². The van der Waals surface area contributed by atoms with E-state index in [1.54, 1.807) is 30.5 Å². The molecule has 1 aliphatic carbocycles. The molecular weight excluding hydrogens is 264 g/mol. The van der Waals surface area contributed by atoms with Gasteiger partial charge in [-0.05, 0) is 18.9 Å². The third kappa shape index (κ3) is 3.00. The molecule has 1 saturated carbocycles. The van der Waals surface area contributed by atoms with Gasteiger partial charge in [0.2, 0.25) is 0 Å². The lowest BCUT2D eigenvalue weighted by molar-refractivity contribution is 0.0697. The fourth-order valence-corrected chi connectivity index (χ4v) is 3.01. The lowest BCUT2D eigenvalue weighted by atomic mass is 9.93. The Labute approximate surface area is 118 Å². The van der Waals surface area contributed by atoms with Crippen molar-refractivity contribution in [2.24, 2.45) is 0 Å². The highest BCUT2D eigenvalue weighted by atomic mass is 35.5. The molecule has 0 bridgehead atoms. The molecular formula is C14H19ClN2O2. The Balaban J connectivity index is 2.18. The average molecular weight is 283 g/mol. The normalized spacial score (nSPS) is 22.9. The molecule has 5 heteroatoms. The fraction of sp³-hybridized carbons (Fsp3) is 0.571. The quantitative estimate of drug-likeness (QED) is 0.801. The molecule has 0 aliphatic heterocycles. The van der Waals surface area contributed by atoms with Gasteiger partial charge in [-0.25, -0.2) is 0 Å². The number of aromatic nitrogens is 1. The maximum Gasteiger partial charge on any atom is 0.257 e. The molecule has 0 spiro atoms. The summed E-state index contributed by atoms with van der Waals surface area (Å²) in [4.78, 5) is 18.2. The summed E-state index contributed by atoms with van der Waals surface area (Å²) in [6.45, 7) is 0. The van der Waals surface area contributed by atoms with Crippen molar-refractivity contribution in [2.75, 3.05) is 14.2 Å². The maximum atomic E-state index is 12.5. The number of carbonyl (C=O) groups is 1. The topological polar surface area (TPSA) is 42.4 Å². The summed E-state index contributed by atoms with van der Waals surface area (Å²) < 4.78 is 5.19. The van der Waals surface area contributed by atoms with Crippen LogP contribution < -0.4 is 4.74 Å². The van der Waals surface area contributed by atoms with E-state index >= 15 is 0 Å². The Bertz CT molecular complexity index is 453. The molecule has 19 heavy (non-hydrogen) atoms. The Hall–Kier alpha value is -1.29. The molecule has 1 fully saturated rings. The molecule has 2 atom stereocenters. The minimum atomic E-state index is -0.0585. The lowest BCUT2D eigenvalue weighted by Gasteiger charge is -2.35. The molecule has 104 valence electrons. The van der Waals surface area contributed by atoms with Crippen LogP contribution in [-0.4, -0.2) is 41.4 Å². The van der Waals surface area contributed by atoms with E-state index in [0.717, 1.165) is 25.7 Å². The Kier molecular flexibility index (Phi) is 4.64. The molecule has 2 unspecified atom stereocenters. The smallest absolute Gasteiger partial charge is 0.257 e. The van der Waals surface area contributed by atoms with Gasteiger partial charge in [-0.3, -0.25) is 9.78 Å². The van der Waals surface area contributed by atoms with E-state index in [9.17, 15) is 4.79 Å². The molecule has 1 aromatic rings. The number of pyridine rings is 1. The number of hydrogen-bond acceptors (Lipinski definition) is 3. The molecule has 0 aromatic carbocycles. The van der Waals surface area contributed by atoms with Crippen molar-refractivity contribution in [3.05, 3.63) is 24.0 Å². The molecule has 1 aliphatic rings. The third-order valence-corrected chi connectivity index (χ3v) is 4.21. The van der Waals surface area contributed by atoms with E-state index in [4.69, 9.17) is 16.3 Å². The van der Waals surface area contributed by atoms with Crippen LogP contribution in [0.25, 0.3) is 0 Å². The lowest BCUT2D eigenvalue weighted by Crippen LogP contribution is -2.44. The number of amides is 1. The first-order valence-corrected chi connectivity index (χ1v) is 6.98. The van der Waals surface area contributed by atoms with Crippen LogP contribution in [0.15, 0.2) is 18.5 Å². The van der Waals surface area contributed by atoms with Gasteiger partial charge in [0, 0.05) is 19.3 Å². The first-order chi connectivity index (χ1) is 9.15. The van der Waals surface area contributed by atoms with Gasteiger partial charge >= 0.3 is 0 Å². The first-order valence-electron chi connectivity index (χ1n) is 6.54. The monoisotopic (exact) mass is 282 g/mol. The van der Waals surface area contributed by atoms with E-state index in [-0.39, 0.29) is 17.3 Å². The molecule has 1 amide bonds. The van der Waals surface area contributed by atoms with Crippen molar-refractivity contribution >= 4 is 17.5 Å². The minimum Gasteiger partial charge on any atom is -0.494 e. The van der Waals surface area contributed by atoms with E-state index < -0.39 is 0 Å². The van der Waals surface area contributed by atoms with Crippen molar-refractivity contribution in [3.8, 4) is 5.75 Å². The van der Waals surface area contributed by atoms with Gasteiger partial charge in [0.1, 0.15) is 5.75 Å². The molecule has 4 nitrogen and oxygen atoms in total. The zero-order valence-corrected chi connectivity index (χ0v) is 12.1. The van der Waals surface area contributed by atoms with Crippen LogP contribution in [0.1, 0.15) is 36.0 Å². The summed E-state index contributed by atoms with van der Waals surface area (Å²) in [6.07, 6.45) is 7.36. The highest BCUT2D eigenvalue weighted by Gasteiger charge is 2.30. The van der Waals surface area contributed by atoms with Crippen LogP contribution in [0.5, 0.6) is 5.75 Å². The SMILES string of the molecule is COc1cnccc1C(=O)N(C)C1CCCCC1Cl. The summed E-state index contributed by atoms with van der Waals surface area (Å²) >= 11 is 6.35. The zero-order valence-electron chi connectivity index (χ0n) is 11.3. The van der Waals surface area contributed by atoms with Gasteiger partial charge in [-0.1, -0.05) is 12.8 Å². The Morgan fingerprint density at radius 2 is 2.21 bits per heavy atom. The minimum absolute atomic E-state index is 0.0375. The average Bonchev–Trinajstić information content (AvgIpc) is 2.46. The van der Waals surface area contributed by atoms with Crippen LogP contribution >= 0.6 is 11.6 Å². The predicted octanol–water partition coefficient (Wildman–Crippen LogP) is 2.71. The van der Waals surface area contributed by atoms with Crippen LogP contribution in [0.3, 0.4) is 0 Å². The number of carbonyl (C=O) groups excluding carboxylic acids is 1. The second-order valence-corrected chi connectivity index (χ2v) is 5.42. The zero-order chi connectivity index (χ0) is 13.8. The largest absolute Gasteiger partial charge is 0.494 e. The van der Waals surface area contributed by atoms with E-state index in [0.29, 0.717) is 11.3 Å². The van der Waals surface area contributed by atoms with Gasteiger partial charge in [-0.2, -0.15) is 0 Å². The number of methoxy groups -OCH3 is 1. The van der Waals surface area contributed by atoms with Crippen molar-refractivity contribution in [3.63, 3.8) is 0 Å². The summed E-state index contributed by atoms with van der Waals surface area (Å²) in [5, 5.41) is 0.0375. The second kappa shape index (κ2) is 6.24. The number of hydrogen-bond donors (Lipinski definition) is 0. The van der Waals surface area contributed by atoms with Crippen molar-refractivity contribution in [1.29, 1.82) is 0 Å². The highest BCUT2D eigenvalue weighted by molar-refractivity contribution is 6.21. The van der Waals surface area contributed by atoms with Gasteiger partial charge in [0.05, 0.1) is 24.2 Å². The van der Waals surface area contributed by atoms with E-state index in [1.165, 1.54) is 0 Å². The molecule has 1 aromatic heterocycles. The number of rotatable bonds is 3. The summed E-state index contributed by atoms with van der Waals surface area (Å²) in [7, 11) is 3.35. The number of halogens is 1. The molecule has 0 radical (unpaired) electrons. The fourth-order valence-electron chi connectivity index (χ4n) is 2.56. The number of ether oxygens (including phenoxy) is 1. The molecule has 1 heterocycles. The predicted molar refractivity (Wildman–Crippen MR) is 74.8 cm³/mol. The van der Waals surface area contributed by atoms with Crippen molar-refractivity contribution < 1.29 is 9.53 Å². The first kappa shape index (κ1) is 14.1. The highest BCUT2D eigenvalue weighted by Crippen LogP contribution is 2.28. The second-order valence-electron chi connectivity index (χ2n) is 4.86. The van der Waals surface area contributed by atoms with Gasteiger partial charge in [0.25, 0.3) is 5.91 Å². The van der Waals surface area contributed by atoms with Gasteiger partial charge < -0.3 is 9.64 Å². The maximum absolute atomic E-state index is 12.5.